The standard InChI is InChI=1S/C12H16N3O2/c1-2-9-10(12(16)17)13-8-14-11(9)15-6-4-3-5-7-15/h2-7H2,1H3,(H,16,17). The van der Waals surface area contributed by atoms with Crippen LogP contribution in [0.25, 0.3) is 0 Å². The number of aromatic nitrogens is 2. The van der Waals surface area contributed by atoms with E-state index in [1.165, 1.54) is 6.42 Å². The van der Waals surface area contributed by atoms with Crippen molar-refractivity contribution in [3.05, 3.63) is 17.6 Å². The first-order valence-electron chi connectivity index (χ1n) is 5.99. The molecule has 91 valence electrons. The average Bonchev–Trinajstić information content (AvgIpc) is 2.38. The zero-order valence-corrected chi connectivity index (χ0v) is 9.94. The van der Waals surface area contributed by atoms with Crippen LogP contribution in [0.5, 0.6) is 0 Å². The molecule has 0 saturated carbocycles. The molecule has 2 rings (SSSR count). The summed E-state index contributed by atoms with van der Waals surface area (Å²) in [5.41, 5.74) is 0.807. The van der Waals surface area contributed by atoms with E-state index in [1.807, 2.05) is 6.92 Å². The van der Waals surface area contributed by atoms with E-state index < -0.39 is 5.97 Å². The van der Waals surface area contributed by atoms with Gasteiger partial charge in [-0.1, -0.05) is 6.92 Å². The van der Waals surface area contributed by atoms with Crippen molar-refractivity contribution >= 4 is 11.8 Å². The Morgan fingerprint density at radius 2 is 2.06 bits per heavy atom. The van der Waals surface area contributed by atoms with Gasteiger partial charge in [-0.05, 0) is 25.7 Å². The number of nitrogens with zero attached hydrogens (tertiary/aromatic N) is 3. The van der Waals surface area contributed by atoms with Gasteiger partial charge in [-0.25, -0.2) is 14.8 Å². The molecule has 0 unspecified atom stereocenters. The third kappa shape index (κ3) is 2.38. The number of carbonyl (C=O) groups is 1. The fourth-order valence-corrected chi connectivity index (χ4v) is 2.23. The Hall–Kier alpha value is -1.65. The summed E-state index contributed by atoms with van der Waals surface area (Å²) in [4.78, 5) is 21.1. The molecule has 0 bridgehead atoms. The van der Waals surface area contributed by atoms with Gasteiger partial charge < -0.3 is 10.0 Å². The Bertz CT molecular complexity index is 414. The van der Waals surface area contributed by atoms with Gasteiger partial charge in [0.1, 0.15) is 5.82 Å². The highest BCUT2D eigenvalue weighted by Gasteiger charge is 2.21. The van der Waals surface area contributed by atoms with Crippen LogP contribution in [-0.4, -0.2) is 34.1 Å². The van der Waals surface area contributed by atoms with Crippen LogP contribution in [0, 0.1) is 6.33 Å². The van der Waals surface area contributed by atoms with Gasteiger partial charge in [0.2, 0.25) is 6.33 Å². The van der Waals surface area contributed by atoms with Crippen molar-refractivity contribution in [1.29, 1.82) is 0 Å². The third-order valence-electron chi connectivity index (χ3n) is 3.09. The Morgan fingerprint density at radius 3 is 2.65 bits per heavy atom. The van der Waals surface area contributed by atoms with Crippen molar-refractivity contribution in [2.45, 2.75) is 32.6 Å². The molecule has 5 heteroatoms. The maximum atomic E-state index is 11.1. The lowest BCUT2D eigenvalue weighted by atomic mass is 10.1. The average molecular weight is 234 g/mol. The minimum absolute atomic E-state index is 0.0862. The zero-order valence-electron chi connectivity index (χ0n) is 9.94. The van der Waals surface area contributed by atoms with Gasteiger partial charge in [0.15, 0.2) is 5.69 Å². The first kappa shape index (κ1) is 11.8. The number of hydrogen-bond acceptors (Lipinski definition) is 4. The highest BCUT2D eigenvalue weighted by molar-refractivity contribution is 5.88. The lowest BCUT2D eigenvalue weighted by molar-refractivity contribution is 0.0689. The lowest BCUT2D eigenvalue weighted by Crippen LogP contribution is -2.31. The first-order chi connectivity index (χ1) is 8.24. The number of anilines is 1. The second-order valence-electron chi connectivity index (χ2n) is 4.18. The van der Waals surface area contributed by atoms with Crippen molar-refractivity contribution in [1.82, 2.24) is 9.97 Å². The molecule has 0 aliphatic carbocycles. The lowest BCUT2D eigenvalue weighted by Gasteiger charge is -2.29. The van der Waals surface area contributed by atoms with Crippen LogP contribution in [0.15, 0.2) is 0 Å². The molecule has 0 amide bonds. The van der Waals surface area contributed by atoms with Gasteiger partial charge in [0.25, 0.3) is 0 Å². The first-order valence-corrected chi connectivity index (χ1v) is 5.99. The van der Waals surface area contributed by atoms with Crippen LogP contribution in [0.2, 0.25) is 0 Å². The maximum Gasteiger partial charge on any atom is 0.355 e. The highest BCUT2D eigenvalue weighted by Crippen LogP contribution is 2.23. The fourth-order valence-electron chi connectivity index (χ4n) is 2.23. The largest absolute Gasteiger partial charge is 0.476 e. The summed E-state index contributed by atoms with van der Waals surface area (Å²) < 4.78 is 0. The molecule has 1 radical (unpaired) electrons. The predicted molar refractivity (Wildman–Crippen MR) is 63.3 cm³/mol. The van der Waals surface area contributed by atoms with Gasteiger partial charge in [-0.15, -0.1) is 0 Å². The quantitative estimate of drug-likeness (QED) is 0.859. The van der Waals surface area contributed by atoms with Crippen LogP contribution >= 0.6 is 0 Å². The second kappa shape index (κ2) is 5.12. The van der Waals surface area contributed by atoms with Crippen molar-refractivity contribution in [3.63, 3.8) is 0 Å². The third-order valence-corrected chi connectivity index (χ3v) is 3.09. The van der Waals surface area contributed by atoms with E-state index in [0.29, 0.717) is 6.42 Å². The molecule has 1 aliphatic rings. The highest BCUT2D eigenvalue weighted by atomic mass is 16.4. The Balaban J connectivity index is 2.38. The van der Waals surface area contributed by atoms with Crippen LogP contribution in [0.1, 0.15) is 42.2 Å². The Labute approximate surface area is 100 Å². The summed E-state index contributed by atoms with van der Waals surface area (Å²) in [6.45, 7) is 3.81. The smallest absolute Gasteiger partial charge is 0.355 e. The monoisotopic (exact) mass is 234 g/mol. The van der Waals surface area contributed by atoms with Crippen LogP contribution in [0.4, 0.5) is 5.82 Å². The molecule has 1 aliphatic heterocycles. The topological polar surface area (TPSA) is 66.3 Å². The fraction of sp³-hybridized carbons (Fsp3) is 0.583. The van der Waals surface area contributed by atoms with E-state index >= 15 is 0 Å². The van der Waals surface area contributed by atoms with Crippen molar-refractivity contribution in [3.8, 4) is 0 Å². The number of carboxylic acid groups (broad SMARTS) is 1. The molecule has 0 aromatic carbocycles. The van der Waals surface area contributed by atoms with Gasteiger partial charge in [-0.3, -0.25) is 0 Å². The molecule has 1 aromatic heterocycles. The van der Waals surface area contributed by atoms with Crippen LogP contribution in [-0.2, 0) is 6.42 Å². The number of aromatic carboxylic acids is 1. The summed E-state index contributed by atoms with van der Waals surface area (Å²) in [5, 5.41) is 9.09. The molecule has 1 fully saturated rings. The Kier molecular flexibility index (Phi) is 3.56. The SMILES string of the molecule is CCc1c(C(=O)O)n[c]nc1N1CCCCC1. The van der Waals surface area contributed by atoms with E-state index in [4.69, 9.17) is 5.11 Å². The van der Waals surface area contributed by atoms with Crippen molar-refractivity contribution in [2.75, 3.05) is 18.0 Å². The van der Waals surface area contributed by atoms with Crippen molar-refractivity contribution in [2.24, 2.45) is 0 Å². The molecule has 17 heavy (non-hydrogen) atoms. The number of carboxylic acids is 1. The summed E-state index contributed by atoms with van der Waals surface area (Å²) in [7, 11) is 0. The van der Waals surface area contributed by atoms with Crippen molar-refractivity contribution < 1.29 is 9.90 Å². The summed E-state index contributed by atoms with van der Waals surface area (Å²) in [6, 6.07) is 0. The summed E-state index contributed by atoms with van der Waals surface area (Å²) >= 11 is 0. The molecule has 0 atom stereocenters. The summed E-state index contributed by atoms with van der Waals surface area (Å²) in [6.07, 6.45) is 6.59. The molecule has 2 heterocycles. The molecule has 0 spiro atoms. The Morgan fingerprint density at radius 1 is 1.35 bits per heavy atom. The van der Waals surface area contributed by atoms with E-state index in [-0.39, 0.29) is 5.69 Å². The van der Waals surface area contributed by atoms with E-state index in [0.717, 1.165) is 37.3 Å². The van der Waals surface area contributed by atoms with Gasteiger partial charge in [-0.2, -0.15) is 0 Å². The minimum Gasteiger partial charge on any atom is -0.476 e. The molecule has 1 aromatic rings. The van der Waals surface area contributed by atoms with E-state index in [9.17, 15) is 4.79 Å². The van der Waals surface area contributed by atoms with Crippen LogP contribution < -0.4 is 4.90 Å². The van der Waals surface area contributed by atoms with E-state index in [2.05, 4.69) is 21.2 Å². The number of piperidine rings is 1. The van der Waals surface area contributed by atoms with Gasteiger partial charge in [0.05, 0.1) is 0 Å². The second-order valence-corrected chi connectivity index (χ2v) is 4.18. The molecule has 1 N–H and O–H groups in total. The predicted octanol–water partition coefficient (Wildman–Crippen LogP) is 1.53. The van der Waals surface area contributed by atoms with Gasteiger partial charge in [0, 0.05) is 18.7 Å². The number of hydrogen-bond donors (Lipinski definition) is 1. The molecule has 1 saturated heterocycles. The molecular weight excluding hydrogens is 218 g/mol. The minimum atomic E-state index is -1.00. The maximum absolute atomic E-state index is 11.1. The molecule has 5 nitrogen and oxygen atoms in total. The zero-order chi connectivity index (χ0) is 12.3. The van der Waals surface area contributed by atoms with Gasteiger partial charge >= 0.3 is 5.97 Å². The molecular formula is C12H16N3O2. The summed E-state index contributed by atoms with van der Waals surface area (Å²) in [5.74, 6) is -0.252. The van der Waals surface area contributed by atoms with E-state index in [1.54, 1.807) is 0 Å². The number of rotatable bonds is 3. The van der Waals surface area contributed by atoms with Crippen LogP contribution in [0.3, 0.4) is 0 Å². The normalized spacial score (nSPS) is 15.9.